The van der Waals surface area contributed by atoms with Crippen LogP contribution >= 0.6 is 0 Å². The van der Waals surface area contributed by atoms with Gasteiger partial charge in [-0.15, -0.1) is 0 Å². The van der Waals surface area contributed by atoms with Crippen molar-refractivity contribution < 1.29 is 19.5 Å². The van der Waals surface area contributed by atoms with E-state index >= 15 is 0 Å². The molecule has 1 rings (SSSR count). The number of carboxylic acid groups (broad SMARTS) is 1. The summed E-state index contributed by atoms with van der Waals surface area (Å²) in [5, 5.41) is 14.2. The Morgan fingerprint density at radius 3 is 2.42 bits per heavy atom. The predicted molar refractivity (Wildman–Crippen MR) is 68.6 cm³/mol. The van der Waals surface area contributed by atoms with Gasteiger partial charge in [0, 0.05) is 20.1 Å². The fraction of sp³-hybridized carbons (Fsp3) is 0.750. The van der Waals surface area contributed by atoms with Gasteiger partial charge >= 0.3 is 12.0 Å². The van der Waals surface area contributed by atoms with Crippen molar-refractivity contribution in [2.24, 2.45) is 5.92 Å². The van der Waals surface area contributed by atoms with Gasteiger partial charge in [-0.3, -0.25) is 9.59 Å². The van der Waals surface area contributed by atoms with Crippen molar-refractivity contribution in [3.05, 3.63) is 0 Å². The third-order valence-corrected chi connectivity index (χ3v) is 3.31. The average Bonchev–Trinajstić information content (AvgIpc) is 2.75. The van der Waals surface area contributed by atoms with Crippen molar-refractivity contribution in [1.29, 1.82) is 0 Å². The predicted octanol–water partition coefficient (Wildman–Crippen LogP) is 0.0156. The van der Waals surface area contributed by atoms with Crippen molar-refractivity contribution in [2.75, 3.05) is 14.1 Å². The molecule has 0 aliphatic heterocycles. The van der Waals surface area contributed by atoms with E-state index in [1.165, 1.54) is 4.90 Å². The lowest BCUT2D eigenvalue weighted by molar-refractivity contribution is -0.142. The quantitative estimate of drug-likeness (QED) is 0.671. The minimum Gasteiger partial charge on any atom is -0.481 e. The Bertz CT molecular complexity index is 370. The van der Waals surface area contributed by atoms with Crippen LogP contribution in [0.4, 0.5) is 4.79 Å². The van der Waals surface area contributed by atoms with Crippen LogP contribution in [0.1, 0.15) is 26.2 Å². The third kappa shape index (κ3) is 4.11. The van der Waals surface area contributed by atoms with Gasteiger partial charge in [0.1, 0.15) is 6.04 Å². The van der Waals surface area contributed by atoms with Gasteiger partial charge in [-0.05, 0) is 19.8 Å². The first-order valence-electron chi connectivity index (χ1n) is 6.34. The second-order valence-corrected chi connectivity index (χ2v) is 5.05. The second kappa shape index (κ2) is 6.40. The molecule has 108 valence electrons. The lowest BCUT2D eigenvalue weighted by Gasteiger charge is -2.21. The van der Waals surface area contributed by atoms with Crippen molar-refractivity contribution in [2.45, 2.75) is 38.3 Å². The summed E-state index contributed by atoms with van der Waals surface area (Å²) < 4.78 is 0. The maximum atomic E-state index is 11.7. The molecule has 0 aromatic carbocycles. The molecule has 3 atom stereocenters. The first-order chi connectivity index (χ1) is 8.82. The zero-order chi connectivity index (χ0) is 14.6. The number of carbonyl (C=O) groups excluding carboxylic acids is 2. The number of nitrogens with one attached hydrogen (secondary N) is 2. The van der Waals surface area contributed by atoms with Crippen LogP contribution in [0.15, 0.2) is 0 Å². The Kier molecular flexibility index (Phi) is 5.14. The van der Waals surface area contributed by atoms with Crippen LogP contribution in [0, 0.1) is 5.92 Å². The smallest absolute Gasteiger partial charge is 0.315 e. The van der Waals surface area contributed by atoms with E-state index in [2.05, 4.69) is 10.6 Å². The summed E-state index contributed by atoms with van der Waals surface area (Å²) >= 11 is 0. The molecule has 3 N–H and O–H groups in total. The topological polar surface area (TPSA) is 98.7 Å². The Morgan fingerprint density at radius 2 is 1.89 bits per heavy atom. The Morgan fingerprint density at radius 1 is 1.26 bits per heavy atom. The molecule has 0 aromatic rings. The maximum absolute atomic E-state index is 11.7. The van der Waals surface area contributed by atoms with Gasteiger partial charge in [0.25, 0.3) is 0 Å². The number of nitrogens with zero attached hydrogens (tertiary/aromatic N) is 1. The van der Waals surface area contributed by atoms with E-state index in [1.54, 1.807) is 21.0 Å². The Hall–Kier alpha value is -1.79. The second-order valence-electron chi connectivity index (χ2n) is 5.05. The highest BCUT2D eigenvalue weighted by atomic mass is 16.4. The molecule has 0 aromatic heterocycles. The molecule has 19 heavy (non-hydrogen) atoms. The molecule has 0 saturated heterocycles. The number of carboxylic acids is 1. The van der Waals surface area contributed by atoms with Crippen LogP contribution in [0.5, 0.6) is 0 Å². The summed E-state index contributed by atoms with van der Waals surface area (Å²) in [7, 11) is 3.21. The van der Waals surface area contributed by atoms with Crippen molar-refractivity contribution >= 4 is 17.9 Å². The SMILES string of the molecule is CC(NC(=O)NC1CCCC1C(=O)O)C(=O)N(C)C. The monoisotopic (exact) mass is 271 g/mol. The molecule has 0 heterocycles. The van der Waals surface area contributed by atoms with E-state index in [1.807, 2.05) is 0 Å². The zero-order valence-electron chi connectivity index (χ0n) is 11.5. The van der Waals surface area contributed by atoms with Gasteiger partial charge in [0.05, 0.1) is 5.92 Å². The fourth-order valence-electron chi connectivity index (χ4n) is 2.28. The number of carbonyl (C=O) groups is 3. The number of rotatable bonds is 4. The number of likely N-dealkylation sites (N-methyl/N-ethyl adjacent to an activating group) is 1. The minimum atomic E-state index is -0.889. The summed E-state index contributed by atoms with van der Waals surface area (Å²) in [6, 6.07) is -1.50. The Balaban J connectivity index is 2.47. The highest BCUT2D eigenvalue weighted by molar-refractivity contribution is 5.86. The molecule has 0 radical (unpaired) electrons. The van der Waals surface area contributed by atoms with E-state index in [-0.39, 0.29) is 11.9 Å². The summed E-state index contributed by atoms with van der Waals surface area (Å²) in [5.74, 6) is -1.64. The van der Waals surface area contributed by atoms with E-state index in [0.717, 1.165) is 6.42 Å². The minimum absolute atomic E-state index is 0.212. The van der Waals surface area contributed by atoms with Crippen molar-refractivity contribution in [1.82, 2.24) is 15.5 Å². The molecule has 3 unspecified atom stereocenters. The summed E-state index contributed by atoms with van der Waals surface area (Å²) in [6.45, 7) is 1.59. The van der Waals surface area contributed by atoms with Gasteiger partial charge in [0.15, 0.2) is 0 Å². The third-order valence-electron chi connectivity index (χ3n) is 3.31. The summed E-state index contributed by atoms with van der Waals surface area (Å²) in [6.07, 6.45) is 2.01. The molecule has 1 aliphatic rings. The lowest BCUT2D eigenvalue weighted by atomic mass is 10.0. The van der Waals surface area contributed by atoms with Gasteiger partial charge in [0.2, 0.25) is 5.91 Å². The first-order valence-corrected chi connectivity index (χ1v) is 6.34. The van der Waals surface area contributed by atoms with Gasteiger partial charge < -0.3 is 20.6 Å². The fourth-order valence-corrected chi connectivity index (χ4v) is 2.28. The molecule has 1 fully saturated rings. The summed E-state index contributed by atoms with van der Waals surface area (Å²) in [4.78, 5) is 35.7. The molecule has 1 aliphatic carbocycles. The number of amides is 3. The molecule has 1 saturated carbocycles. The number of hydrogen-bond donors (Lipinski definition) is 3. The van der Waals surface area contributed by atoms with Crippen LogP contribution < -0.4 is 10.6 Å². The van der Waals surface area contributed by atoms with Crippen molar-refractivity contribution in [3.63, 3.8) is 0 Å². The van der Waals surface area contributed by atoms with E-state index in [9.17, 15) is 14.4 Å². The van der Waals surface area contributed by atoms with E-state index in [0.29, 0.717) is 12.8 Å². The van der Waals surface area contributed by atoms with Gasteiger partial charge in [-0.1, -0.05) is 6.42 Å². The molecular formula is C12H21N3O4. The largest absolute Gasteiger partial charge is 0.481 e. The van der Waals surface area contributed by atoms with E-state index in [4.69, 9.17) is 5.11 Å². The average molecular weight is 271 g/mol. The van der Waals surface area contributed by atoms with Crippen LogP contribution in [-0.2, 0) is 9.59 Å². The molecule has 0 bridgehead atoms. The van der Waals surface area contributed by atoms with E-state index < -0.39 is 24.0 Å². The molecule has 3 amide bonds. The van der Waals surface area contributed by atoms with Gasteiger partial charge in [-0.25, -0.2) is 4.79 Å². The standard InChI is InChI=1S/C12H21N3O4/c1-7(10(16)15(2)3)13-12(19)14-9-6-4-5-8(9)11(17)18/h7-9H,4-6H2,1-3H3,(H,17,18)(H2,13,14,19). The maximum Gasteiger partial charge on any atom is 0.315 e. The lowest BCUT2D eigenvalue weighted by Crippen LogP contribution is -2.51. The first kappa shape index (κ1) is 15.3. The number of hydrogen-bond acceptors (Lipinski definition) is 3. The highest BCUT2D eigenvalue weighted by Crippen LogP contribution is 2.25. The van der Waals surface area contributed by atoms with Crippen LogP contribution in [0.2, 0.25) is 0 Å². The molecule has 7 nitrogen and oxygen atoms in total. The molecule has 0 spiro atoms. The number of urea groups is 1. The van der Waals surface area contributed by atoms with Crippen LogP contribution in [-0.4, -0.2) is 54.1 Å². The highest BCUT2D eigenvalue weighted by Gasteiger charge is 2.34. The molecule has 7 heteroatoms. The summed E-state index contributed by atoms with van der Waals surface area (Å²) in [5.41, 5.74) is 0. The van der Waals surface area contributed by atoms with Crippen molar-refractivity contribution in [3.8, 4) is 0 Å². The van der Waals surface area contributed by atoms with Crippen LogP contribution in [0.25, 0.3) is 0 Å². The normalized spacial score (nSPS) is 23.5. The Labute approximate surface area is 112 Å². The molecular weight excluding hydrogens is 250 g/mol. The number of aliphatic carboxylic acids is 1. The van der Waals surface area contributed by atoms with Crippen LogP contribution in [0.3, 0.4) is 0 Å². The van der Waals surface area contributed by atoms with Gasteiger partial charge in [-0.2, -0.15) is 0 Å². The zero-order valence-corrected chi connectivity index (χ0v) is 11.5.